The number of methoxy groups -OCH3 is 2. The zero-order chi connectivity index (χ0) is 30.7. The maximum atomic E-state index is 13.2. The molecule has 0 aliphatic rings. The summed E-state index contributed by atoms with van der Waals surface area (Å²) in [7, 11) is -5.09. The van der Waals surface area contributed by atoms with Gasteiger partial charge < -0.3 is 14.8 Å². The van der Waals surface area contributed by atoms with E-state index in [4.69, 9.17) is 9.47 Å². The number of aryl methyl sites for hydroxylation is 3. The second kappa shape index (κ2) is 12.1. The summed E-state index contributed by atoms with van der Waals surface area (Å²) in [6.07, 6.45) is 0. The molecule has 0 aliphatic carbocycles. The fraction of sp³-hybridized carbons (Fsp3) is 0.167. The summed E-state index contributed by atoms with van der Waals surface area (Å²) in [4.78, 5) is 12.9. The number of anilines is 3. The zero-order valence-electron chi connectivity index (χ0n) is 23.7. The molecule has 3 N–H and O–H groups in total. The Morgan fingerprint density at radius 1 is 0.643 bits per heavy atom. The lowest BCUT2D eigenvalue weighted by Gasteiger charge is -2.14. The van der Waals surface area contributed by atoms with E-state index >= 15 is 0 Å². The maximum absolute atomic E-state index is 13.2. The highest BCUT2D eigenvalue weighted by Gasteiger charge is 2.21. The Morgan fingerprint density at radius 2 is 1.31 bits per heavy atom. The summed E-state index contributed by atoms with van der Waals surface area (Å²) in [5.74, 6) is 0.194. The Morgan fingerprint density at radius 3 is 1.95 bits per heavy atom. The van der Waals surface area contributed by atoms with Gasteiger partial charge in [0.25, 0.3) is 26.0 Å². The van der Waals surface area contributed by atoms with Crippen LogP contribution in [0.4, 0.5) is 17.1 Å². The van der Waals surface area contributed by atoms with Crippen LogP contribution in [0.15, 0.2) is 88.7 Å². The summed E-state index contributed by atoms with van der Waals surface area (Å²) < 4.78 is 67.8. The zero-order valence-corrected chi connectivity index (χ0v) is 25.3. The summed E-state index contributed by atoms with van der Waals surface area (Å²) >= 11 is 0. The van der Waals surface area contributed by atoms with E-state index in [1.165, 1.54) is 56.7 Å². The van der Waals surface area contributed by atoms with Gasteiger partial charge in [0.2, 0.25) is 0 Å². The van der Waals surface area contributed by atoms with Gasteiger partial charge in [-0.25, -0.2) is 16.8 Å². The molecule has 42 heavy (non-hydrogen) atoms. The predicted molar refractivity (Wildman–Crippen MR) is 163 cm³/mol. The Hall–Kier alpha value is -4.55. The van der Waals surface area contributed by atoms with Crippen molar-refractivity contribution in [1.29, 1.82) is 0 Å². The quantitative estimate of drug-likeness (QED) is 0.216. The Labute approximate surface area is 245 Å². The van der Waals surface area contributed by atoms with Crippen molar-refractivity contribution in [2.45, 2.75) is 30.6 Å². The number of nitrogens with one attached hydrogen (secondary N) is 3. The second-order valence-corrected chi connectivity index (χ2v) is 12.9. The molecule has 1 amide bonds. The van der Waals surface area contributed by atoms with Gasteiger partial charge in [0.15, 0.2) is 0 Å². The number of hydrogen-bond acceptors (Lipinski definition) is 7. The molecule has 220 valence electrons. The summed E-state index contributed by atoms with van der Waals surface area (Å²) in [6.45, 7) is 5.47. The molecule has 4 rings (SSSR count). The molecule has 0 bridgehead atoms. The number of rotatable bonds is 10. The molecule has 0 heterocycles. The molecule has 0 saturated carbocycles. The lowest BCUT2D eigenvalue weighted by molar-refractivity contribution is 0.102. The molecule has 4 aromatic rings. The smallest absolute Gasteiger partial charge is 0.262 e. The Kier molecular flexibility index (Phi) is 8.78. The van der Waals surface area contributed by atoms with Crippen molar-refractivity contribution in [2.24, 2.45) is 0 Å². The van der Waals surface area contributed by atoms with Crippen molar-refractivity contribution in [3.8, 4) is 11.5 Å². The van der Waals surface area contributed by atoms with Crippen molar-refractivity contribution in [2.75, 3.05) is 29.0 Å². The first-order chi connectivity index (χ1) is 19.8. The molecular weight excluding hydrogens is 578 g/mol. The third-order valence-corrected chi connectivity index (χ3v) is 9.48. The highest BCUT2D eigenvalue weighted by atomic mass is 32.2. The molecule has 10 nitrogen and oxygen atoms in total. The van der Waals surface area contributed by atoms with Crippen molar-refractivity contribution in [3.63, 3.8) is 0 Å². The van der Waals surface area contributed by atoms with Crippen molar-refractivity contribution in [3.05, 3.63) is 101 Å². The number of carbonyl (C=O) groups is 1. The van der Waals surface area contributed by atoms with Crippen LogP contribution in [-0.2, 0) is 20.0 Å². The third-order valence-electron chi connectivity index (χ3n) is 6.57. The predicted octanol–water partition coefficient (Wildman–Crippen LogP) is 5.48. The van der Waals surface area contributed by atoms with Crippen LogP contribution in [0.3, 0.4) is 0 Å². The van der Waals surface area contributed by atoms with Crippen LogP contribution in [0, 0.1) is 20.8 Å². The summed E-state index contributed by atoms with van der Waals surface area (Å²) in [6, 6.07) is 19.9. The monoisotopic (exact) mass is 609 g/mol. The van der Waals surface area contributed by atoms with Crippen molar-refractivity contribution in [1.82, 2.24) is 0 Å². The van der Waals surface area contributed by atoms with Gasteiger partial charge in [-0.05, 0) is 98.1 Å². The topological polar surface area (TPSA) is 140 Å². The van der Waals surface area contributed by atoms with Gasteiger partial charge in [-0.1, -0.05) is 12.1 Å². The number of ether oxygens (including phenoxy) is 2. The molecular formula is C30H31N3O7S2. The third kappa shape index (κ3) is 6.84. The SMILES string of the molecule is COc1ccc(OC)c(NS(=O)(=O)c2ccc(NC(=O)c3ccc(C)c(S(=O)(=O)Nc4ccc(C)c(C)c4)c3)cc2)c1. The molecule has 12 heteroatoms. The molecule has 0 aliphatic heterocycles. The second-order valence-electron chi connectivity index (χ2n) is 9.54. The Balaban J connectivity index is 1.51. The van der Waals surface area contributed by atoms with E-state index in [1.54, 1.807) is 37.3 Å². The first-order valence-electron chi connectivity index (χ1n) is 12.7. The minimum Gasteiger partial charge on any atom is -0.497 e. The van der Waals surface area contributed by atoms with E-state index < -0.39 is 26.0 Å². The standard InChI is InChI=1S/C30H31N3O7S2/c1-19-7-9-24(16-21(19)3)32-42(37,38)29-17-22(8-6-20(29)2)30(34)31-23-10-13-26(14-11-23)41(35,36)33-27-18-25(39-4)12-15-28(27)40-5/h6-18,32-33H,1-5H3,(H,31,34). The van der Waals surface area contributed by atoms with Crippen LogP contribution in [0.25, 0.3) is 0 Å². The van der Waals surface area contributed by atoms with Gasteiger partial charge in [0.05, 0.1) is 29.7 Å². The van der Waals surface area contributed by atoms with Crippen LogP contribution in [-0.4, -0.2) is 37.0 Å². The molecule has 0 fully saturated rings. The average Bonchev–Trinajstić information content (AvgIpc) is 2.95. The number of amides is 1. The summed E-state index contributed by atoms with van der Waals surface area (Å²) in [5, 5.41) is 2.68. The van der Waals surface area contributed by atoms with Gasteiger partial charge in [0, 0.05) is 23.0 Å². The van der Waals surface area contributed by atoms with Gasteiger partial charge in [-0.15, -0.1) is 0 Å². The van der Waals surface area contributed by atoms with Crippen LogP contribution in [0.5, 0.6) is 11.5 Å². The van der Waals surface area contributed by atoms with Gasteiger partial charge >= 0.3 is 0 Å². The number of carbonyl (C=O) groups excluding carboxylic acids is 1. The van der Waals surface area contributed by atoms with Gasteiger partial charge in [-0.2, -0.15) is 0 Å². The first kappa shape index (κ1) is 30.4. The van der Waals surface area contributed by atoms with Crippen LogP contribution in [0.2, 0.25) is 0 Å². The number of sulfonamides is 2. The lowest BCUT2D eigenvalue weighted by atomic mass is 10.1. The maximum Gasteiger partial charge on any atom is 0.262 e. The molecule has 4 aromatic carbocycles. The molecule has 0 saturated heterocycles. The van der Waals surface area contributed by atoms with E-state index in [0.717, 1.165) is 11.1 Å². The van der Waals surface area contributed by atoms with Crippen molar-refractivity contribution >= 4 is 43.0 Å². The average molecular weight is 610 g/mol. The molecule has 0 spiro atoms. The highest BCUT2D eigenvalue weighted by molar-refractivity contribution is 7.93. The lowest BCUT2D eigenvalue weighted by Crippen LogP contribution is -2.17. The van der Waals surface area contributed by atoms with E-state index in [-0.39, 0.29) is 21.0 Å². The van der Waals surface area contributed by atoms with E-state index in [1.807, 2.05) is 19.9 Å². The van der Waals surface area contributed by atoms with E-state index in [2.05, 4.69) is 14.8 Å². The highest BCUT2D eigenvalue weighted by Crippen LogP contribution is 2.31. The normalized spacial score (nSPS) is 11.5. The molecule has 0 unspecified atom stereocenters. The largest absolute Gasteiger partial charge is 0.497 e. The van der Waals surface area contributed by atoms with Crippen LogP contribution < -0.4 is 24.2 Å². The van der Waals surface area contributed by atoms with Gasteiger partial charge in [0.1, 0.15) is 11.5 Å². The minimum absolute atomic E-state index is 0.0335. The Bertz CT molecular complexity index is 1850. The molecule has 0 atom stereocenters. The fourth-order valence-corrected chi connectivity index (χ4v) is 6.45. The first-order valence-corrected chi connectivity index (χ1v) is 15.7. The van der Waals surface area contributed by atoms with Crippen molar-refractivity contribution < 1.29 is 31.1 Å². The number of hydrogen-bond donors (Lipinski definition) is 3. The van der Waals surface area contributed by atoms with Gasteiger partial charge in [-0.3, -0.25) is 14.2 Å². The van der Waals surface area contributed by atoms with Crippen LogP contribution in [0.1, 0.15) is 27.0 Å². The molecule has 0 radical (unpaired) electrons. The van der Waals surface area contributed by atoms with E-state index in [0.29, 0.717) is 28.4 Å². The minimum atomic E-state index is -4.00. The molecule has 0 aromatic heterocycles. The number of benzene rings is 4. The van der Waals surface area contributed by atoms with Crippen LogP contribution >= 0.6 is 0 Å². The summed E-state index contributed by atoms with van der Waals surface area (Å²) in [5.41, 5.74) is 3.49. The van der Waals surface area contributed by atoms with E-state index in [9.17, 15) is 21.6 Å². The fourth-order valence-electron chi connectivity index (χ4n) is 4.06.